The molecule has 4 heteroatoms. The molecule has 1 aromatic carbocycles. The van der Waals surface area contributed by atoms with E-state index in [2.05, 4.69) is 20.8 Å². The predicted octanol–water partition coefficient (Wildman–Crippen LogP) is 2.34. The number of benzene rings is 1. The van der Waals surface area contributed by atoms with Crippen LogP contribution in [0.1, 0.15) is 23.2 Å². The summed E-state index contributed by atoms with van der Waals surface area (Å²) in [6.07, 6.45) is 2.13. The molecule has 1 atom stereocenters. The third-order valence-electron chi connectivity index (χ3n) is 3.40. The molecule has 1 fully saturated rings. The quantitative estimate of drug-likeness (QED) is 0.868. The van der Waals surface area contributed by atoms with Crippen molar-refractivity contribution in [2.75, 3.05) is 26.2 Å². The number of piperidine rings is 1. The van der Waals surface area contributed by atoms with Crippen LogP contribution in [-0.4, -0.2) is 42.0 Å². The fourth-order valence-corrected chi connectivity index (χ4v) is 2.93. The van der Waals surface area contributed by atoms with E-state index >= 15 is 0 Å². The standard InChI is InChI=1S/C14H18BrNO2/c15-13-6-2-1-5-12(13)14(18)9-16-7-3-4-11(8-16)10-17/h1-2,5-6,11,17H,3-4,7-10H2. The number of nitrogens with zero attached hydrogens (tertiary/aromatic N) is 1. The first kappa shape index (κ1) is 13.7. The maximum Gasteiger partial charge on any atom is 0.177 e. The summed E-state index contributed by atoms with van der Waals surface area (Å²) in [6, 6.07) is 7.52. The normalized spacial score (nSPS) is 20.9. The fraction of sp³-hybridized carbons (Fsp3) is 0.500. The van der Waals surface area contributed by atoms with Crippen molar-refractivity contribution in [2.24, 2.45) is 5.92 Å². The first-order valence-corrected chi connectivity index (χ1v) is 7.11. The van der Waals surface area contributed by atoms with Crippen molar-refractivity contribution in [1.82, 2.24) is 4.90 Å². The molecular formula is C14H18BrNO2. The van der Waals surface area contributed by atoms with Gasteiger partial charge in [0.2, 0.25) is 0 Å². The molecule has 1 unspecified atom stereocenters. The molecule has 0 spiro atoms. The van der Waals surface area contributed by atoms with E-state index in [0.717, 1.165) is 36.0 Å². The molecule has 1 aromatic rings. The Kier molecular flexibility index (Phi) is 4.92. The number of likely N-dealkylation sites (tertiary alicyclic amines) is 1. The largest absolute Gasteiger partial charge is 0.396 e. The van der Waals surface area contributed by atoms with Gasteiger partial charge in [0.15, 0.2) is 5.78 Å². The predicted molar refractivity (Wildman–Crippen MR) is 74.7 cm³/mol. The Morgan fingerprint density at radius 3 is 2.94 bits per heavy atom. The molecule has 18 heavy (non-hydrogen) atoms. The maximum atomic E-state index is 12.2. The highest BCUT2D eigenvalue weighted by Crippen LogP contribution is 2.19. The number of hydrogen-bond acceptors (Lipinski definition) is 3. The van der Waals surface area contributed by atoms with E-state index < -0.39 is 0 Å². The molecule has 0 aromatic heterocycles. The number of hydrogen-bond donors (Lipinski definition) is 1. The zero-order valence-corrected chi connectivity index (χ0v) is 11.9. The lowest BCUT2D eigenvalue weighted by Gasteiger charge is -2.31. The molecule has 0 bridgehead atoms. The van der Waals surface area contributed by atoms with Crippen LogP contribution in [0, 0.1) is 5.92 Å². The highest BCUT2D eigenvalue weighted by molar-refractivity contribution is 9.10. The van der Waals surface area contributed by atoms with Crippen molar-refractivity contribution in [2.45, 2.75) is 12.8 Å². The van der Waals surface area contributed by atoms with Crippen LogP contribution in [0.3, 0.4) is 0 Å². The number of rotatable bonds is 4. The Morgan fingerprint density at radius 2 is 2.22 bits per heavy atom. The molecule has 2 rings (SSSR count). The third-order valence-corrected chi connectivity index (χ3v) is 4.09. The lowest BCUT2D eigenvalue weighted by molar-refractivity contribution is 0.0833. The van der Waals surface area contributed by atoms with Crippen molar-refractivity contribution in [1.29, 1.82) is 0 Å². The van der Waals surface area contributed by atoms with E-state index in [1.54, 1.807) is 0 Å². The van der Waals surface area contributed by atoms with Gasteiger partial charge < -0.3 is 5.11 Å². The monoisotopic (exact) mass is 311 g/mol. The van der Waals surface area contributed by atoms with Crippen LogP contribution in [0.2, 0.25) is 0 Å². The number of aliphatic hydroxyl groups excluding tert-OH is 1. The summed E-state index contributed by atoms with van der Waals surface area (Å²) in [7, 11) is 0. The minimum Gasteiger partial charge on any atom is -0.396 e. The van der Waals surface area contributed by atoms with E-state index in [1.165, 1.54) is 0 Å². The van der Waals surface area contributed by atoms with Crippen LogP contribution in [0.5, 0.6) is 0 Å². The SMILES string of the molecule is O=C(CN1CCCC(CO)C1)c1ccccc1Br. The van der Waals surface area contributed by atoms with Crippen LogP contribution in [0.15, 0.2) is 28.7 Å². The summed E-state index contributed by atoms with van der Waals surface area (Å²) in [4.78, 5) is 14.3. The number of ketones is 1. The second-order valence-corrected chi connectivity index (χ2v) is 5.68. The lowest BCUT2D eigenvalue weighted by atomic mass is 9.98. The summed E-state index contributed by atoms with van der Waals surface area (Å²) in [5, 5.41) is 9.18. The van der Waals surface area contributed by atoms with Crippen LogP contribution in [-0.2, 0) is 0 Å². The molecule has 98 valence electrons. The first-order chi connectivity index (χ1) is 8.70. The molecular weight excluding hydrogens is 294 g/mol. The van der Waals surface area contributed by atoms with Crippen LogP contribution >= 0.6 is 15.9 Å². The fourth-order valence-electron chi connectivity index (χ4n) is 2.42. The molecule has 1 heterocycles. The zero-order valence-electron chi connectivity index (χ0n) is 10.3. The first-order valence-electron chi connectivity index (χ1n) is 6.31. The Labute approximate surface area is 116 Å². The smallest absolute Gasteiger partial charge is 0.177 e. The summed E-state index contributed by atoms with van der Waals surface area (Å²) in [5.74, 6) is 0.465. The maximum absolute atomic E-state index is 12.2. The number of carbonyl (C=O) groups excluding carboxylic acids is 1. The molecule has 0 aliphatic carbocycles. The zero-order chi connectivity index (χ0) is 13.0. The van der Waals surface area contributed by atoms with Gasteiger partial charge in [0, 0.05) is 23.2 Å². The Bertz CT molecular complexity index is 422. The van der Waals surface area contributed by atoms with E-state index in [4.69, 9.17) is 0 Å². The van der Waals surface area contributed by atoms with E-state index in [0.29, 0.717) is 12.5 Å². The molecule has 0 amide bonds. The summed E-state index contributed by atoms with van der Waals surface area (Å²) < 4.78 is 0.853. The van der Waals surface area contributed by atoms with E-state index in [9.17, 15) is 9.90 Å². The van der Waals surface area contributed by atoms with Crippen molar-refractivity contribution < 1.29 is 9.90 Å². The van der Waals surface area contributed by atoms with Gasteiger partial charge in [0.05, 0.1) is 6.54 Å². The average molecular weight is 312 g/mol. The second-order valence-electron chi connectivity index (χ2n) is 4.83. The van der Waals surface area contributed by atoms with Crippen molar-refractivity contribution in [3.8, 4) is 0 Å². The minimum absolute atomic E-state index is 0.140. The van der Waals surface area contributed by atoms with Gasteiger partial charge in [-0.2, -0.15) is 0 Å². The van der Waals surface area contributed by atoms with Gasteiger partial charge >= 0.3 is 0 Å². The molecule has 1 aliphatic rings. The van der Waals surface area contributed by atoms with Gasteiger partial charge in [-0.3, -0.25) is 9.69 Å². The lowest BCUT2D eigenvalue weighted by Crippen LogP contribution is -2.39. The number of aliphatic hydroxyl groups is 1. The van der Waals surface area contributed by atoms with Crippen molar-refractivity contribution in [3.05, 3.63) is 34.3 Å². The third kappa shape index (κ3) is 3.40. The van der Waals surface area contributed by atoms with E-state index in [1.807, 2.05) is 24.3 Å². The number of carbonyl (C=O) groups is 1. The molecule has 1 saturated heterocycles. The summed E-state index contributed by atoms with van der Waals surface area (Å²) in [6.45, 7) is 2.44. The minimum atomic E-state index is 0.140. The van der Waals surface area contributed by atoms with Crippen LogP contribution < -0.4 is 0 Å². The van der Waals surface area contributed by atoms with Crippen LogP contribution in [0.25, 0.3) is 0 Å². The van der Waals surface area contributed by atoms with Crippen molar-refractivity contribution in [3.63, 3.8) is 0 Å². The molecule has 0 radical (unpaired) electrons. The average Bonchev–Trinajstić information content (AvgIpc) is 2.39. The van der Waals surface area contributed by atoms with Crippen molar-refractivity contribution >= 4 is 21.7 Å². The topological polar surface area (TPSA) is 40.5 Å². The van der Waals surface area contributed by atoms with Gasteiger partial charge in [-0.1, -0.05) is 34.1 Å². The Balaban J connectivity index is 1.97. The molecule has 0 saturated carbocycles. The van der Waals surface area contributed by atoms with Gasteiger partial charge in [0.1, 0.15) is 0 Å². The summed E-state index contributed by atoms with van der Waals surface area (Å²) >= 11 is 3.41. The Morgan fingerprint density at radius 1 is 1.44 bits per heavy atom. The van der Waals surface area contributed by atoms with Gasteiger partial charge in [-0.15, -0.1) is 0 Å². The highest BCUT2D eigenvalue weighted by Gasteiger charge is 2.21. The molecule has 3 nitrogen and oxygen atoms in total. The highest BCUT2D eigenvalue weighted by atomic mass is 79.9. The van der Waals surface area contributed by atoms with Gasteiger partial charge in [-0.25, -0.2) is 0 Å². The Hall–Kier alpha value is -0.710. The second kappa shape index (κ2) is 6.45. The molecule has 1 aliphatic heterocycles. The van der Waals surface area contributed by atoms with E-state index in [-0.39, 0.29) is 12.4 Å². The number of Topliss-reactive ketones (excluding diaryl/α,β-unsaturated/α-hetero) is 1. The van der Waals surface area contributed by atoms with Gasteiger partial charge in [-0.05, 0) is 31.4 Å². The van der Waals surface area contributed by atoms with Crippen LogP contribution in [0.4, 0.5) is 0 Å². The molecule has 1 N–H and O–H groups in total. The van der Waals surface area contributed by atoms with Gasteiger partial charge in [0.25, 0.3) is 0 Å². The number of halogens is 1. The summed E-state index contributed by atoms with van der Waals surface area (Å²) in [5.41, 5.74) is 0.739.